The molecule has 0 unspecified atom stereocenters. The molecule has 6 rings (SSSR count). The van der Waals surface area contributed by atoms with Gasteiger partial charge in [0.1, 0.15) is 18.2 Å². The molecule has 1 aliphatic carbocycles. The maximum atomic E-state index is 9.36. The fourth-order valence-electron chi connectivity index (χ4n) is 5.39. The van der Waals surface area contributed by atoms with E-state index in [0.29, 0.717) is 47.0 Å². The Bertz CT molecular complexity index is 1790. The van der Waals surface area contributed by atoms with Gasteiger partial charge in [0.25, 0.3) is 0 Å². The molecule has 1 aliphatic rings. The first-order valence-electron chi connectivity index (χ1n) is 13.7. The summed E-state index contributed by atoms with van der Waals surface area (Å²) in [6.07, 6.45) is 3.24. The van der Waals surface area contributed by atoms with Crippen molar-refractivity contribution in [3.05, 3.63) is 94.9 Å². The van der Waals surface area contributed by atoms with Gasteiger partial charge in [-0.25, -0.2) is 4.85 Å². The van der Waals surface area contributed by atoms with Crippen molar-refractivity contribution in [1.82, 2.24) is 0 Å². The molecule has 1 saturated carbocycles. The average molecular weight is 461 g/mol. The predicted molar refractivity (Wildman–Crippen MR) is 143 cm³/mol. The van der Waals surface area contributed by atoms with E-state index in [1.807, 2.05) is 80.1 Å². The largest absolute Gasteiger partial charge is 0.456 e. The molecule has 0 amide bonds. The van der Waals surface area contributed by atoms with Crippen molar-refractivity contribution < 1.29 is 13.1 Å². The smallest absolute Gasteiger partial charge is 0.216 e. The number of fused-ring (bicyclic) bond motifs is 3. The third kappa shape index (κ3) is 3.44. The molecule has 2 aromatic heterocycles. The highest BCUT2D eigenvalue weighted by molar-refractivity contribution is 6.15. The van der Waals surface area contributed by atoms with Gasteiger partial charge in [0.2, 0.25) is 5.69 Å². The second-order valence-corrected chi connectivity index (χ2v) is 9.48. The lowest BCUT2D eigenvalue weighted by molar-refractivity contribution is -0.666. The molecule has 35 heavy (non-hydrogen) atoms. The predicted octanol–water partition coefficient (Wildman–Crippen LogP) is 8.57. The van der Waals surface area contributed by atoms with Crippen LogP contribution in [-0.4, -0.2) is 0 Å². The first kappa shape index (κ1) is 18.4. The Labute approximate surface area is 210 Å². The molecule has 0 spiro atoms. The van der Waals surface area contributed by atoms with Crippen LogP contribution < -0.4 is 4.57 Å². The molecule has 172 valence electrons. The lowest BCUT2D eigenvalue weighted by Gasteiger charge is -2.13. The second kappa shape index (κ2) is 8.40. The summed E-state index contributed by atoms with van der Waals surface area (Å²) in [5, 5.41) is 1.84. The van der Waals surface area contributed by atoms with Gasteiger partial charge in [0.15, 0.2) is 11.4 Å². The molecule has 3 heteroatoms. The summed E-state index contributed by atoms with van der Waals surface area (Å²) in [4.78, 5) is 3.79. The van der Waals surface area contributed by atoms with Crippen LogP contribution in [0.1, 0.15) is 52.5 Å². The Morgan fingerprint density at radius 1 is 0.943 bits per heavy atom. The zero-order valence-corrected chi connectivity index (χ0v) is 20.3. The van der Waals surface area contributed by atoms with E-state index in [1.54, 1.807) is 0 Å². The Hall–Kier alpha value is -3.90. The molecule has 3 nitrogen and oxygen atoms in total. The summed E-state index contributed by atoms with van der Waals surface area (Å²) in [6.45, 7) is 11.7. The Morgan fingerprint density at radius 3 is 2.34 bits per heavy atom. The summed E-state index contributed by atoms with van der Waals surface area (Å²) in [5.41, 5.74) is 7.22. The van der Waals surface area contributed by atoms with Gasteiger partial charge < -0.3 is 4.42 Å². The Morgan fingerprint density at radius 2 is 1.63 bits per heavy atom. The number of nitrogens with zero attached hydrogens (tertiary/aromatic N) is 2. The SMILES string of the molecule is [2H]c1c(C2([2H])CCCC2)c([2H])c(-c2c(C)ccc3c2oc2c(-c4ccccc4)c([N+]#[C-])ccc23)[n+](C)c1C. The summed E-state index contributed by atoms with van der Waals surface area (Å²) in [6, 6.07) is 18.3. The molecule has 3 aromatic carbocycles. The topological polar surface area (TPSA) is 21.4 Å². The minimum atomic E-state index is -0.914. The molecule has 0 bridgehead atoms. The average Bonchev–Trinajstić information content (AvgIpc) is 3.52. The Kier molecular flexibility index (Phi) is 4.42. The third-order valence-corrected chi connectivity index (χ3v) is 7.36. The number of pyridine rings is 1. The lowest BCUT2D eigenvalue weighted by atomic mass is 9.93. The highest BCUT2D eigenvalue weighted by atomic mass is 16.3. The van der Waals surface area contributed by atoms with E-state index in [9.17, 15) is 2.74 Å². The van der Waals surface area contributed by atoms with Crippen LogP contribution in [0.15, 0.2) is 71.1 Å². The number of rotatable bonds is 3. The number of furan rings is 1. The van der Waals surface area contributed by atoms with Gasteiger partial charge in [-0.15, -0.1) is 0 Å². The summed E-state index contributed by atoms with van der Waals surface area (Å²) >= 11 is 0. The van der Waals surface area contributed by atoms with Gasteiger partial charge in [0, 0.05) is 36.7 Å². The minimum Gasteiger partial charge on any atom is -0.456 e. The fourth-order valence-corrected chi connectivity index (χ4v) is 5.39. The van der Waals surface area contributed by atoms with Crippen LogP contribution >= 0.6 is 0 Å². The van der Waals surface area contributed by atoms with Crippen molar-refractivity contribution in [3.63, 3.8) is 0 Å². The van der Waals surface area contributed by atoms with Crippen LogP contribution in [0.2, 0.25) is 0 Å². The molecule has 5 aromatic rings. The third-order valence-electron chi connectivity index (χ3n) is 7.36. The first-order valence-corrected chi connectivity index (χ1v) is 12.2. The van der Waals surface area contributed by atoms with Gasteiger partial charge >= 0.3 is 0 Å². The van der Waals surface area contributed by atoms with E-state index in [1.165, 1.54) is 0 Å². The van der Waals surface area contributed by atoms with E-state index in [0.717, 1.165) is 51.6 Å². The molecular formula is C32H29N2O+. The lowest BCUT2D eigenvalue weighted by Crippen LogP contribution is -2.35. The van der Waals surface area contributed by atoms with Crippen LogP contribution in [-0.2, 0) is 7.05 Å². The summed E-state index contributed by atoms with van der Waals surface area (Å²) in [7, 11) is 1.89. The molecule has 1 fully saturated rings. The Balaban J connectivity index is 1.73. The summed E-state index contributed by atoms with van der Waals surface area (Å²) in [5.74, 6) is -0.914. The van der Waals surface area contributed by atoms with Crippen molar-refractivity contribution in [2.75, 3.05) is 0 Å². The van der Waals surface area contributed by atoms with Crippen LogP contribution in [0, 0.1) is 20.4 Å². The van der Waals surface area contributed by atoms with E-state index >= 15 is 0 Å². The van der Waals surface area contributed by atoms with Gasteiger partial charge in [-0.1, -0.05) is 67.4 Å². The van der Waals surface area contributed by atoms with E-state index in [-0.39, 0.29) is 6.04 Å². The molecular weight excluding hydrogens is 428 g/mol. The molecule has 0 atom stereocenters. The standard InChI is InChI=1S/C32H29N2O/c1-20-14-15-25-26-16-17-27(33-3)30(23-12-6-5-7-13-23)32(26)35-31(25)29(20)28-19-24(18-21(2)34(28)4)22-10-8-9-11-22/h5-7,12-19,22H,8-11H2,1-2,4H3/q+1/i18D,19D,22D. The number of hydrogen-bond donors (Lipinski definition) is 0. The highest BCUT2D eigenvalue weighted by Crippen LogP contribution is 2.44. The summed E-state index contributed by atoms with van der Waals surface area (Å²) < 4.78 is 36.0. The van der Waals surface area contributed by atoms with Crippen LogP contribution in [0.4, 0.5) is 5.69 Å². The first-order chi connectivity index (χ1) is 18.3. The van der Waals surface area contributed by atoms with Gasteiger partial charge in [0.05, 0.1) is 14.9 Å². The van der Waals surface area contributed by atoms with Crippen LogP contribution in [0.5, 0.6) is 0 Å². The highest BCUT2D eigenvalue weighted by Gasteiger charge is 2.26. The number of benzene rings is 3. The van der Waals surface area contributed by atoms with Crippen molar-refractivity contribution in [3.8, 4) is 22.4 Å². The molecule has 0 saturated heterocycles. The van der Waals surface area contributed by atoms with Crippen LogP contribution in [0.25, 0.3) is 49.2 Å². The number of aromatic nitrogens is 1. The van der Waals surface area contributed by atoms with Crippen molar-refractivity contribution in [2.45, 2.75) is 45.4 Å². The van der Waals surface area contributed by atoms with Gasteiger partial charge in [-0.2, -0.15) is 4.57 Å². The fraction of sp³-hybridized carbons (Fsp3) is 0.250. The number of aryl methyl sites for hydroxylation is 1. The molecule has 0 N–H and O–H groups in total. The minimum absolute atomic E-state index is 0.237. The monoisotopic (exact) mass is 460 g/mol. The van der Waals surface area contributed by atoms with Gasteiger partial charge in [-0.05, 0) is 42.3 Å². The maximum absolute atomic E-state index is 9.36. The van der Waals surface area contributed by atoms with Gasteiger partial charge in [-0.3, -0.25) is 0 Å². The van der Waals surface area contributed by atoms with Crippen molar-refractivity contribution >= 4 is 27.6 Å². The quantitative estimate of drug-likeness (QED) is 0.195. The second-order valence-electron chi connectivity index (χ2n) is 9.48. The number of hydrogen-bond acceptors (Lipinski definition) is 1. The normalized spacial score (nSPS) is 16.2. The van der Waals surface area contributed by atoms with E-state index in [2.05, 4.69) is 4.85 Å². The zero-order valence-electron chi connectivity index (χ0n) is 23.3. The zero-order chi connectivity index (χ0) is 26.8. The van der Waals surface area contributed by atoms with Crippen molar-refractivity contribution in [2.24, 2.45) is 7.05 Å². The maximum Gasteiger partial charge on any atom is 0.216 e. The van der Waals surface area contributed by atoms with Crippen molar-refractivity contribution in [1.29, 1.82) is 0 Å². The molecule has 2 heterocycles. The molecule has 0 aliphatic heterocycles. The van der Waals surface area contributed by atoms with E-state index < -0.39 is 5.89 Å². The van der Waals surface area contributed by atoms with Crippen LogP contribution in [0.3, 0.4) is 0 Å². The molecule has 0 radical (unpaired) electrons. The van der Waals surface area contributed by atoms with E-state index in [4.69, 9.17) is 12.4 Å².